The highest BCUT2D eigenvalue weighted by atomic mass is 32.2. The molecule has 0 aliphatic carbocycles. The van der Waals surface area contributed by atoms with Crippen LogP contribution in [0, 0.1) is 18.8 Å². The lowest BCUT2D eigenvalue weighted by atomic mass is 9.79. The molecular weight excluding hydrogens is 432 g/mol. The third-order valence-corrected chi connectivity index (χ3v) is 9.35. The highest BCUT2D eigenvalue weighted by molar-refractivity contribution is 8.03. The van der Waals surface area contributed by atoms with Crippen LogP contribution in [-0.4, -0.2) is 72.9 Å². The molecule has 29 heavy (non-hydrogen) atoms. The zero-order chi connectivity index (χ0) is 20.9. The largest absolute Gasteiger partial charge is 0.477 e. The van der Waals surface area contributed by atoms with Gasteiger partial charge in [0.2, 0.25) is 5.91 Å². The number of carbonyl (C=O) groups excluding carboxylic acids is 1. The predicted octanol–water partition coefficient (Wildman–Crippen LogP) is 1.56. The Balaban J connectivity index is 1.41. The number of hydrogen-bond donors (Lipinski definition) is 3. The van der Waals surface area contributed by atoms with Gasteiger partial charge in [-0.15, -0.1) is 22.0 Å². The van der Waals surface area contributed by atoms with Gasteiger partial charge in [0.25, 0.3) is 0 Å². The van der Waals surface area contributed by atoms with Crippen LogP contribution in [0.1, 0.15) is 25.3 Å². The minimum atomic E-state index is -1.07. The van der Waals surface area contributed by atoms with E-state index in [-0.39, 0.29) is 28.8 Å². The monoisotopic (exact) mass is 456 g/mol. The van der Waals surface area contributed by atoms with Crippen LogP contribution < -0.4 is 5.32 Å². The van der Waals surface area contributed by atoms with E-state index in [1.165, 1.54) is 4.90 Å². The molecule has 4 heterocycles. The molecule has 1 amide bonds. The molecule has 2 fully saturated rings. The van der Waals surface area contributed by atoms with Crippen molar-refractivity contribution in [2.24, 2.45) is 11.8 Å². The molecule has 2 saturated heterocycles. The van der Waals surface area contributed by atoms with E-state index < -0.39 is 18.0 Å². The number of β-lactam (4-membered cyclic amide) rings is 1. The number of aliphatic hydroxyl groups excluding tert-OH is 1. The third-order valence-electron chi connectivity index (χ3n) is 5.70. The summed E-state index contributed by atoms with van der Waals surface area (Å²) in [5.74, 6) is -1.05. The van der Waals surface area contributed by atoms with Crippen molar-refractivity contribution in [1.29, 1.82) is 0 Å². The van der Waals surface area contributed by atoms with E-state index in [1.54, 1.807) is 41.8 Å². The summed E-state index contributed by atoms with van der Waals surface area (Å²) in [5, 5.41) is 32.6. The molecule has 3 aliphatic heterocycles. The minimum absolute atomic E-state index is 0.0822. The molecule has 3 N–H and O–H groups in total. The van der Waals surface area contributed by atoms with Crippen LogP contribution >= 0.6 is 34.9 Å². The summed E-state index contributed by atoms with van der Waals surface area (Å²) in [6.45, 7) is 6.30. The van der Waals surface area contributed by atoms with Gasteiger partial charge in [-0.1, -0.05) is 30.0 Å². The number of thioether (sulfide) groups is 2. The maximum absolute atomic E-state index is 12.4. The molecule has 11 heteroatoms. The summed E-state index contributed by atoms with van der Waals surface area (Å²) in [7, 11) is 0. The zero-order valence-electron chi connectivity index (χ0n) is 16.4. The van der Waals surface area contributed by atoms with E-state index in [2.05, 4.69) is 15.5 Å². The second-order valence-electron chi connectivity index (χ2n) is 7.75. The molecule has 8 nitrogen and oxygen atoms in total. The predicted molar refractivity (Wildman–Crippen MR) is 113 cm³/mol. The first kappa shape index (κ1) is 21.1. The van der Waals surface area contributed by atoms with Gasteiger partial charge in [-0.05, 0) is 20.3 Å². The van der Waals surface area contributed by atoms with Crippen LogP contribution in [0.3, 0.4) is 0 Å². The van der Waals surface area contributed by atoms with Crippen molar-refractivity contribution in [2.45, 2.75) is 55.0 Å². The average Bonchev–Trinajstić information content (AvgIpc) is 3.32. The number of fused-ring (bicyclic) bond motifs is 1. The van der Waals surface area contributed by atoms with Gasteiger partial charge >= 0.3 is 5.97 Å². The lowest BCUT2D eigenvalue weighted by Gasteiger charge is -2.46. The fraction of sp³-hybridized carbons (Fsp3) is 0.667. The molecule has 0 unspecified atom stereocenters. The van der Waals surface area contributed by atoms with Crippen molar-refractivity contribution in [3.8, 4) is 0 Å². The Morgan fingerprint density at radius 1 is 1.45 bits per heavy atom. The third kappa shape index (κ3) is 3.83. The van der Waals surface area contributed by atoms with Crippen molar-refractivity contribution in [2.75, 3.05) is 12.3 Å². The fourth-order valence-electron chi connectivity index (χ4n) is 4.37. The molecule has 4 rings (SSSR count). The summed E-state index contributed by atoms with van der Waals surface area (Å²) < 4.78 is 0.966. The fourth-order valence-corrected chi connectivity index (χ4v) is 7.80. The minimum Gasteiger partial charge on any atom is -0.477 e. The number of carboxylic acid groups (broad SMARTS) is 1. The highest BCUT2D eigenvalue weighted by Crippen LogP contribution is 2.51. The van der Waals surface area contributed by atoms with Crippen molar-refractivity contribution >= 4 is 46.7 Å². The second-order valence-corrected chi connectivity index (χ2v) is 11.5. The van der Waals surface area contributed by atoms with E-state index >= 15 is 0 Å². The normalized spacial score (nSPS) is 32.5. The Morgan fingerprint density at radius 2 is 2.21 bits per heavy atom. The number of aliphatic hydroxyl groups is 1. The van der Waals surface area contributed by atoms with E-state index in [0.29, 0.717) is 6.04 Å². The van der Waals surface area contributed by atoms with Crippen LogP contribution in [0.5, 0.6) is 0 Å². The van der Waals surface area contributed by atoms with Crippen LogP contribution in [-0.2, 0) is 9.59 Å². The number of nitrogens with one attached hydrogen (secondary N) is 1. The number of aromatic nitrogens is 2. The molecule has 0 bridgehead atoms. The molecular formula is C18H24N4O4S3. The number of nitrogens with zero attached hydrogens (tertiary/aromatic N) is 3. The summed E-state index contributed by atoms with van der Waals surface area (Å²) >= 11 is 4.86. The molecule has 1 aromatic heterocycles. The van der Waals surface area contributed by atoms with Crippen LogP contribution in [0.25, 0.3) is 0 Å². The van der Waals surface area contributed by atoms with Crippen molar-refractivity contribution in [3.63, 3.8) is 0 Å². The van der Waals surface area contributed by atoms with Gasteiger partial charge in [0.05, 0.1) is 18.1 Å². The molecule has 1 aromatic rings. The second kappa shape index (κ2) is 8.18. The first-order valence-corrected chi connectivity index (χ1v) is 12.3. The summed E-state index contributed by atoms with van der Waals surface area (Å²) in [5.41, 5.74) is 0.108. The van der Waals surface area contributed by atoms with Crippen LogP contribution in [0.4, 0.5) is 0 Å². The van der Waals surface area contributed by atoms with E-state index in [1.807, 2.05) is 13.8 Å². The van der Waals surface area contributed by atoms with E-state index in [4.69, 9.17) is 0 Å². The quantitative estimate of drug-likeness (QED) is 0.415. The number of carboxylic acids is 1. The number of aliphatic carboxylic acids is 1. The highest BCUT2D eigenvalue weighted by Gasteiger charge is 2.60. The number of rotatable bonds is 7. The summed E-state index contributed by atoms with van der Waals surface area (Å²) in [6, 6.07) is 0.0774. The summed E-state index contributed by atoms with van der Waals surface area (Å²) in [4.78, 5) is 26.5. The van der Waals surface area contributed by atoms with E-state index in [0.717, 1.165) is 33.0 Å². The molecule has 0 radical (unpaired) electrons. The van der Waals surface area contributed by atoms with Crippen LogP contribution in [0.2, 0.25) is 0 Å². The maximum atomic E-state index is 12.4. The number of carbonyl (C=O) groups is 2. The number of hydrogen-bond acceptors (Lipinski definition) is 9. The average molecular weight is 457 g/mol. The van der Waals surface area contributed by atoms with Gasteiger partial charge < -0.3 is 20.4 Å². The molecule has 0 spiro atoms. The summed E-state index contributed by atoms with van der Waals surface area (Å²) in [6.07, 6.45) is 0.154. The Morgan fingerprint density at radius 3 is 2.83 bits per heavy atom. The Kier molecular flexibility index (Phi) is 5.95. The smallest absolute Gasteiger partial charge is 0.353 e. The topological polar surface area (TPSA) is 116 Å². The van der Waals surface area contributed by atoms with Crippen molar-refractivity contribution in [3.05, 3.63) is 15.6 Å². The van der Waals surface area contributed by atoms with Gasteiger partial charge in [0.15, 0.2) is 4.34 Å². The van der Waals surface area contributed by atoms with Crippen molar-refractivity contribution < 1.29 is 19.8 Å². The zero-order valence-corrected chi connectivity index (χ0v) is 18.8. The lowest BCUT2D eigenvalue weighted by Crippen LogP contribution is -2.63. The van der Waals surface area contributed by atoms with Gasteiger partial charge in [-0.2, -0.15) is 0 Å². The first-order valence-electron chi connectivity index (χ1n) is 9.59. The molecule has 158 valence electrons. The van der Waals surface area contributed by atoms with Gasteiger partial charge in [0, 0.05) is 34.4 Å². The van der Waals surface area contributed by atoms with Gasteiger partial charge in [-0.25, -0.2) is 4.79 Å². The molecule has 6 atom stereocenters. The molecule has 0 saturated carbocycles. The standard InChI is InChI=1S/C18H24N4O4S3/c1-7-13-12(8(2)23)16(24)22(13)14(17(25)26)15(7)29-11-4-10(19-5-11)6-27-18-21-20-9(3)28-18/h7-8,10-13,19,23H,4-6H2,1-3H3,(H,25,26)/t7-,8-,10+,11+,12-,13-/m1/s1. The Bertz CT molecular complexity index is 858. The molecule has 0 aromatic carbocycles. The molecule has 3 aliphatic rings. The lowest BCUT2D eigenvalue weighted by molar-refractivity contribution is -0.163. The van der Waals surface area contributed by atoms with Gasteiger partial charge in [-0.3, -0.25) is 4.79 Å². The first-order chi connectivity index (χ1) is 13.8. The van der Waals surface area contributed by atoms with Gasteiger partial charge in [0.1, 0.15) is 10.7 Å². The van der Waals surface area contributed by atoms with Crippen molar-refractivity contribution in [1.82, 2.24) is 20.4 Å². The van der Waals surface area contributed by atoms with E-state index in [9.17, 15) is 19.8 Å². The Labute approximate surface area is 181 Å². The maximum Gasteiger partial charge on any atom is 0.353 e. The number of amides is 1. The SMILES string of the molecule is Cc1nnc(SC[C@@H]2C[C@H](SC3=C(C(=O)O)N4C(=O)[C@H]([C@@H](C)O)[C@H]4[C@H]3C)CN2)s1. The Hall–Kier alpha value is -1.14. The number of aryl methyl sites for hydroxylation is 1. The van der Waals surface area contributed by atoms with Crippen LogP contribution in [0.15, 0.2) is 14.9 Å².